The van der Waals surface area contributed by atoms with E-state index in [1.54, 1.807) is 11.8 Å². The van der Waals surface area contributed by atoms with Crippen molar-refractivity contribution in [2.24, 2.45) is 11.7 Å². The number of rotatable bonds is 5. The van der Waals surface area contributed by atoms with Crippen molar-refractivity contribution < 1.29 is 14.6 Å². The van der Waals surface area contributed by atoms with Crippen molar-refractivity contribution in [1.29, 1.82) is 0 Å². The summed E-state index contributed by atoms with van der Waals surface area (Å²) in [6.07, 6.45) is 2.19. The van der Waals surface area contributed by atoms with Crippen molar-refractivity contribution in [2.75, 3.05) is 24.7 Å². The van der Waals surface area contributed by atoms with E-state index in [1.807, 2.05) is 0 Å². The van der Waals surface area contributed by atoms with Crippen LogP contribution in [0.25, 0.3) is 0 Å². The van der Waals surface area contributed by atoms with E-state index >= 15 is 0 Å². The Morgan fingerprint density at radius 2 is 2.21 bits per heavy atom. The lowest BCUT2D eigenvalue weighted by atomic mass is 10.0. The topological polar surface area (TPSA) is 72.5 Å². The molecule has 0 bridgehead atoms. The summed E-state index contributed by atoms with van der Waals surface area (Å²) in [6.45, 7) is 1.69. The van der Waals surface area contributed by atoms with Gasteiger partial charge in [-0.15, -0.1) is 0 Å². The van der Waals surface area contributed by atoms with Gasteiger partial charge in [-0.25, -0.2) is 0 Å². The molecule has 0 aliphatic carbocycles. The fourth-order valence-corrected chi connectivity index (χ4v) is 2.55. The molecule has 1 fully saturated rings. The molecule has 0 aromatic rings. The molecule has 0 aromatic heterocycles. The molecule has 1 heterocycles. The molecular weight excluding hydrogens is 202 g/mol. The monoisotopic (exact) mass is 219 g/mol. The first-order valence-electron chi connectivity index (χ1n) is 4.84. The summed E-state index contributed by atoms with van der Waals surface area (Å²) >= 11 is 1.63. The first kappa shape index (κ1) is 11.8. The molecule has 0 spiro atoms. The van der Waals surface area contributed by atoms with E-state index in [0.717, 1.165) is 31.8 Å². The van der Waals surface area contributed by atoms with Crippen LogP contribution in [0.3, 0.4) is 0 Å². The molecule has 82 valence electrons. The lowest BCUT2D eigenvalue weighted by Gasteiger charge is -2.21. The highest BCUT2D eigenvalue weighted by atomic mass is 32.2. The lowest BCUT2D eigenvalue weighted by Crippen LogP contribution is -2.33. The van der Waals surface area contributed by atoms with Gasteiger partial charge in [-0.1, -0.05) is 0 Å². The summed E-state index contributed by atoms with van der Waals surface area (Å²) in [6, 6.07) is -0.722. The highest BCUT2D eigenvalue weighted by Gasteiger charge is 2.16. The van der Waals surface area contributed by atoms with Gasteiger partial charge in [0.15, 0.2) is 0 Å². The van der Waals surface area contributed by atoms with Crippen LogP contribution < -0.4 is 5.73 Å². The van der Waals surface area contributed by atoms with Gasteiger partial charge in [-0.3, -0.25) is 4.79 Å². The number of carboxylic acid groups (broad SMARTS) is 1. The third-order valence-corrected chi connectivity index (χ3v) is 3.61. The second-order valence-corrected chi connectivity index (χ2v) is 4.61. The minimum absolute atomic E-state index is 0.507. The van der Waals surface area contributed by atoms with Crippen LogP contribution in [0.1, 0.15) is 12.8 Å². The Balaban J connectivity index is 2.05. The van der Waals surface area contributed by atoms with Crippen LogP contribution in [-0.2, 0) is 9.53 Å². The number of carbonyl (C=O) groups is 1. The summed E-state index contributed by atoms with van der Waals surface area (Å²) in [7, 11) is 0. The van der Waals surface area contributed by atoms with Gasteiger partial charge in [-0.2, -0.15) is 11.8 Å². The summed E-state index contributed by atoms with van der Waals surface area (Å²) in [5, 5.41) is 8.56. The predicted molar refractivity (Wildman–Crippen MR) is 56.5 cm³/mol. The average Bonchev–Trinajstić information content (AvgIpc) is 2.19. The van der Waals surface area contributed by atoms with E-state index < -0.39 is 12.0 Å². The zero-order valence-corrected chi connectivity index (χ0v) is 8.96. The summed E-state index contributed by atoms with van der Waals surface area (Å²) in [5.74, 6) is 1.27. The predicted octanol–water partition coefficient (Wildman–Crippen LogP) is 0.558. The van der Waals surface area contributed by atoms with E-state index in [4.69, 9.17) is 15.6 Å². The van der Waals surface area contributed by atoms with Crippen LogP contribution in [0.15, 0.2) is 0 Å². The standard InChI is InChI=1S/C9H17NO3S/c10-8(9(11)12)6-14-5-7-1-3-13-4-2-7/h7-8H,1-6,10H2,(H,11,12)/t8-/m0/s1. The van der Waals surface area contributed by atoms with Crippen molar-refractivity contribution in [2.45, 2.75) is 18.9 Å². The molecule has 0 aromatic carbocycles. The maximum atomic E-state index is 10.4. The number of aliphatic carboxylic acids is 1. The molecule has 0 amide bonds. The van der Waals surface area contributed by atoms with Crippen LogP contribution in [0.2, 0.25) is 0 Å². The van der Waals surface area contributed by atoms with Crippen LogP contribution in [0, 0.1) is 5.92 Å². The van der Waals surface area contributed by atoms with Gasteiger partial charge in [0, 0.05) is 19.0 Å². The van der Waals surface area contributed by atoms with Gasteiger partial charge in [0.1, 0.15) is 6.04 Å². The fraction of sp³-hybridized carbons (Fsp3) is 0.889. The Hall–Kier alpha value is -0.260. The van der Waals surface area contributed by atoms with Crippen molar-refractivity contribution in [3.8, 4) is 0 Å². The highest BCUT2D eigenvalue weighted by molar-refractivity contribution is 7.99. The van der Waals surface area contributed by atoms with Crippen LogP contribution in [-0.4, -0.2) is 41.8 Å². The largest absolute Gasteiger partial charge is 0.480 e. The molecule has 0 radical (unpaired) electrons. The molecule has 3 N–H and O–H groups in total. The van der Waals surface area contributed by atoms with Gasteiger partial charge in [0.05, 0.1) is 0 Å². The first-order chi connectivity index (χ1) is 6.70. The zero-order valence-electron chi connectivity index (χ0n) is 8.15. The van der Waals surface area contributed by atoms with Crippen molar-refractivity contribution >= 4 is 17.7 Å². The highest BCUT2D eigenvalue weighted by Crippen LogP contribution is 2.19. The Bertz CT molecular complexity index is 183. The van der Waals surface area contributed by atoms with Crippen molar-refractivity contribution in [3.63, 3.8) is 0 Å². The Kier molecular flexibility index (Phi) is 5.29. The quantitative estimate of drug-likeness (QED) is 0.707. The number of thioether (sulfide) groups is 1. The van der Waals surface area contributed by atoms with Gasteiger partial charge in [0.2, 0.25) is 0 Å². The maximum absolute atomic E-state index is 10.4. The molecule has 1 aliphatic heterocycles. The van der Waals surface area contributed by atoms with Crippen molar-refractivity contribution in [1.82, 2.24) is 0 Å². The number of hydrogen-bond acceptors (Lipinski definition) is 4. The number of ether oxygens (including phenoxy) is 1. The number of carboxylic acids is 1. The SMILES string of the molecule is N[C@@H](CSCC1CCOCC1)C(=O)O. The number of hydrogen-bond donors (Lipinski definition) is 2. The molecule has 5 heteroatoms. The minimum Gasteiger partial charge on any atom is -0.480 e. The second kappa shape index (κ2) is 6.27. The lowest BCUT2D eigenvalue weighted by molar-refractivity contribution is -0.137. The normalized spacial score (nSPS) is 20.6. The molecular formula is C9H17NO3S. The third kappa shape index (κ3) is 4.30. The summed E-state index contributed by atoms with van der Waals surface area (Å²) in [5.41, 5.74) is 5.39. The first-order valence-corrected chi connectivity index (χ1v) is 5.99. The Labute approximate surface area is 88.2 Å². The third-order valence-electron chi connectivity index (χ3n) is 2.31. The molecule has 1 atom stereocenters. The van der Waals surface area contributed by atoms with E-state index in [1.165, 1.54) is 0 Å². The minimum atomic E-state index is -0.913. The van der Waals surface area contributed by atoms with Crippen LogP contribution in [0.5, 0.6) is 0 Å². The smallest absolute Gasteiger partial charge is 0.321 e. The van der Waals surface area contributed by atoms with E-state index in [-0.39, 0.29) is 0 Å². The van der Waals surface area contributed by atoms with E-state index in [2.05, 4.69) is 0 Å². The zero-order chi connectivity index (χ0) is 10.4. The molecule has 1 saturated heterocycles. The molecule has 14 heavy (non-hydrogen) atoms. The second-order valence-electron chi connectivity index (χ2n) is 3.54. The summed E-state index contributed by atoms with van der Waals surface area (Å²) < 4.78 is 5.24. The van der Waals surface area contributed by atoms with E-state index in [0.29, 0.717) is 11.7 Å². The molecule has 1 rings (SSSR count). The maximum Gasteiger partial charge on any atom is 0.321 e. The van der Waals surface area contributed by atoms with Gasteiger partial charge >= 0.3 is 5.97 Å². The van der Waals surface area contributed by atoms with Gasteiger partial charge < -0.3 is 15.6 Å². The van der Waals surface area contributed by atoms with Gasteiger partial charge in [0.25, 0.3) is 0 Å². The fourth-order valence-electron chi connectivity index (χ4n) is 1.35. The molecule has 4 nitrogen and oxygen atoms in total. The molecule has 1 aliphatic rings. The van der Waals surface area contributed by atoms with E-state index in [9.17, 15) is 4.79 Å². The van der Waals surface area contributed by atoms with Gasteiger partial charge in [-0.05, 0) is 24.5 Å². The Morgan fingerprint density at radius 3 is 2.79 bits per heavy atom. The summed E-state index contributed by atoms with van der Waals surface area (Å²) in [4.78, 5) is 10.4. The van der Waals surface area contributed by atoms with Crippen molar-refractivity contribution in [3.05, 3.63) is 0 Å². The van der Waals surface area contributed by atoms with Crippen LogP contribution in [0.4, 0.5) is 0 Å². The molecule has 0 saturated carbocycles. The van der Waals surface area contributed by atoms with Crippen LogP contribution >= 0.6 is 11.8 Å². The molecule has 0 unspecified atom stereocenters. The number of nitrogens with two attached hydrogens (primary N) is 1. The Morgan fingerprint density at radius 1 is 1.57 bits per heavy atom. The average molecular weight is 219 g/mol.